The third-order valence-electron chi connectivity index (χ3n) is 5.46. The van der Waals surface area contributed by atoms with Gasteiger partial charge < -0.3 is 5.32 Å². The molecule has 1 N–H and O–H groups in total. The van der Waals surface area contributed by atoms with Crippen molar-refractivity contribution in [2.24, 2.45) is 0 Å². The maximum Gasteiger partial charge on any atom is 0.211 e. The lowest BCUT2D eigenvalue weighted by molar-refractivity contribution is 0.332. The van der Waals surface area contributed by atoms with Crippen LogP contribution in [0.25, 0.3) is 21.9 Å². The normalized spacial score (nSPS) is 15.8. The van der Waals surface area contributed by atoms with Crippen LogP contribution in [0.3, 0.4) is 0 Å². The number of nitrogens with zero attached hydrogens (tertiary/aromatic N) is 3. The average molecular weight is 425 g/mol. The summed E-state index contributed by atoms with van der Waals surface area (Å²) in [6.45, 7) is 0.964. The molecule has 0 aliphatic carbocycles. The second-order valence-corrected chi connectivity index (χ2v) is 9.49. The van der Waals surface area contributed by atoms with Gasteiger partial charge in [0.05, 0.1) is 11.8 Å². The number of rotatable bonds is 4. The lowest BCUT2D eigenvalue weighted by atomic mass is 9.98. The minimum Gasteiger partial charge on any atom is -0.382 e. The fourth-order valence-electron chi connectivity index (χ4n) is 3.83. The first-order valence-corrected chi connectivity index (χ1v) is 11.5. The van der Waals surface area contributed by atoms with Crippen LogP contribution in [-0.2, 0) is 10.0 Å². The van der Waals surface area contributed by atoms with E-state index in [1.54, 1.807) is 24.5 Å². The monoisotopic (exact) mass is 424 g/mol. The Morgan fingerprint density at radius 1 is 1.17 bits per heavy atom. The van der Waals surface area contributed by atoms with Gasteiger partial charge in [0.15, 0.2) is 0 Å². The van der Waals surface area contributed by atoms with Gasteiger partial charge in [0.25, 0.3) is 0 Å². The second kappa shape index (κ2) is 8.01. The molecule has 6 nitrogen and oxygen atoms in total. The van der Waals surface area contributed by atoms with E-state index in [4.69, 9.17) is 5.26 Å². The zero-order valence-corrected chi connectivity index (χ0v) is 17.3. The van der Waals surface area contributed by atoms with Crippen LogP contribution in [0.1, 0.15) is 18.4 Å². The third-order valence-corrected chi connectivity index (χ3v) is 6.76. The van der Waals surface area contributed by atoms with Gasteiger partial charge in [0.2, 0.25) is 10.0 Å². The lowest BCUT2D eigenvalue weighted by Crippen LogP contribution is -2.41. The molecule has 0 amide bonds. The van der Waals surface area contributed by atoms with Crippen LogP contribution in [0.2, 0.25) is 0 Å². The maximum absolute atomic E-state index is 13.8. The van der Waals surface area contributed by atoms with Crippen LogP contribution in [0.15, 0.2) is 48.8 Å². The number of benzene rings is 2. The number of nitrogens with one attached hydrogen (secondary N) is 1. The quantitative estimate of drug-likeness (QED) is 0.689. The summed E-state index contributed by atoms with van der Waals surface area (Å²) in [6, 6.07) is 12.4. The molecule has 3 aromatic rings. The molecule has 8 heteroatoms. The molecule has 154 valence electrons. The summed E-state index contributed by atoms with van der Waals surface area (Å²) in [5, 5.41) is 14.6. The molecule has 0 bridgehead atoms. The SMILES string of the molecule is CS(=O)(=O)N1CCC(Nc2cc(-c3ccc(F)c(C#N)c3)cc3ccncc23)CC1. The summed E-state index contributed by atoms with van der Waals surface area (Å²) >= 11 is 0. The molecule has 0 saturated carbocycles. The highest BCUT2D eigenvalue weighted by Gasteiger charge is 2.25. The zero-order valence-electron chi connectivity index (χ0n) is 16.5. The van der Waals surface area contributed by atoms with Crippen molar-refractivity contribution in [3.8, 4) is 17.2 Å². The fourth-order valence-corrected chi connectivity index (χ4v) is 4.70. The molecule has 0 radical (unpaired) electrons. The molecule has 0 spiro atoms. The minimum absolute atomic E-state index is 0.00461. The number of piperidine rings is 1. The summed E-state index contributed by atoms with van der Waals surface area (Å²) in [5.41, 5.74) is 2.50. The standard InChI is InChI=1S/C22H21FN4O2S/c1-30(28,29)27-8-5-19(6-9-27)26-22-12-17(11-16-4-7-25-14-20(16)22)15-2-3-21(23)18(10-15)13-24/h2-4,7,10-12,14,19,26H,5-6,8-9H2,1H3. The molecule has 4 rings (SSSR count). The Balaban J connectivity index is 1.67. The molecule has 0 unspecified atom stereocenters. The fraction of sp³-hybridized carbons (Fsp3) is 0.273. The van der Waals surface area contributed by atoms with Crippen LogP contribution >= 0.6 is 0 Å². The van der Waals surface area contributed by atoms with E-state index < -0.39 is 15.8 Å². The van der Waals surface area contributed by atoms with Gasteiger partial charge in [-0.15, -0.1) is 0 Å². The Hall–Kier alpha value is -3.02. The highest BCUT2D eigenvalue weighted by molar-refractivity contribution is 7.88. The van der Waals surface area contributed by atoms with Crippen LogP contribution in [0, 0.1) is 17.1 Å². The summed E-state index contributed by atoms with van der Waals surface area (Å²) in [6.07, 6.45) is 6.15. The van der Waals surface area contributed by atoms with Gasteiger partial charge in [0, 0.05) is 42.6 Å². The Morgan fingerprint density at radius 2 is 1.93 bits per heavy atom. The number of aromatic nitrogens is 1. The summed E-state index contributed by atoms with van der Waals surface area (Å²) in [7, 11) is -3.17. The molecule has 1 saturated heterocycles. The minimum atomic E-state index is -3.17. The molecule has 1 aliphatic heterocycles. The number of hydrogen-bond donors (Lipinski definition) is 1. The van der Waals surface area contributed by atoms with E-state index in [0.717, 1.165) is 27.6 Å². The highest BCUT2D eigenvalue weighted by Crippen LogP contribution is 2.32. The summed E-state index contributed by atoms with van der Waals surface area (Å²) in [4.78, 5) is 4.23. The van der Waals surface area contributed by atoms with Crippen molar-refractivity contribution in [3.63, 3.8) is 0 Å². The highest BCUT2D eigenvalue weighted by atomic mass is 32.2. The van der Waals surface area contributed by atoms with E-state index in [-0.39, 0.29) is 11.6 Å². The molecular formula is C22H21FN4O2S. The van der Waals surface area contributed by atoms with Gasteiger partial charge in [-0.05, 0) is 59.7 Å². The molecule has 2 aromatic carbocycles. The average Bonchev–Trinajstić information content (AvgIpc) is 2.74. The van der Waals surface area contributed by atoms with Crippen molar-refractivity contribution in [2.75, 3.05) is 24.7 Å². The van der Waals surface area contributed by atoms with Gasteiger partial charge >= 0.3 is 0 Å². The Morgan fingerprint density at radius 3 is 2.63 bits per heavy atom. The lowest BCUT2D eigenvalue weighted by Gasteiger charge is -2.31. The first kappa shape index (κ1) is 20.3. The molecule has 0 atom stereocenters. The van der Waals surface area contributed by atoms with Crippen molar-refractivity contribution < 1.29 is 12.8 Å². The largest absolute Gasteiger partial charge is 0.382 e. The van der Waals surface area contributed by atoms with Gasteiger partial charge in [-0.1, -0.05) is 6.07 Å². The third kappa shape index (κ3) is 4.13. The molecule has 1 fully saturated rings. The molecule has 1 aromatic heterocycles. The van der Waals surface area contributed by atoms with E-state index >= 15 is 0 Å². The second-order valence-electron chi connectivity index (χ2n) is 7.51. The number of nitriles is 1. The summed E-state index contributed by atoms with van der Waals surface area (Å²) in [5.74, 6) is -0.540. The molecule has 2 heterocycles. The van der Waals surface area contributed by atoms with Crippen molar-refractivity contribution >= 4 is 26.5 Å². The molecule has 30 heavy (non-hydrogen) atoms. The zero-order chi connectivity index (χ0) is 21.3. The predicted molar refractivity (Wildman–Crippen MR) is 115 cm³/mol. The predicted octanol–water partition coefficient (Wildman–Crippen LogP) is 3.75. The Kier molecular flexibility index (Phi) is 5.41. The number of anilines is 1. The summed E-state index contributed by atoms with van der Waals surface area (Å²) < 4.78 is 38.8. The van der Waals surface area contributed by atoms with Crippen molar-refractivity contribution in [3.05, 3.63) is 60.2 Å². The number of halogens is 1. The Bertz CT molecular complexity index is 1250. The van der Waals surface area contributed by atoms with E-state index in [1.165, 1.54) is 16.6 Å². The maximum atomic E-state index is 13.8. The van der Waals surface area contributed by atoms with Crippen LogP contribution in [-0.4, -0.2) is 43.1 Å². The van der Waals surface area contributed by atoms with Crippen LogP contribution in [0.4, 0.5) is 10.1 Å². The topological polar surface area (TPSA) is 86.1 Å². The van der Waals surface area contributed by atoms with Crippen molar-refractivity contribution in [1.29, 1.82) is 5.26 Å². The van der Waals surface area contributed by atoms with Crippen LogP contribution < -0.4 is 5.32 Å². The number of sulfonamides is 1. The molecule has 1 aliphatic rings. The van der Waals surface area contributed by atoms with Gasteiger partial charge in [-0.3, -0.25) is 4.98 Å². The van der Waals surface area contributed by atoms with Crippen molar-refractivity contribution in [2.45, 2.75) is 18.9 Å². The number of pyridine rings is 1. The smallest absolute Gasteiger partial charge is 0.211 e. The van der Waals surface area contributed by atoms with E-state index in [2.05, 4.69) is 10.3 Å². The number of fused-ring (bicyclic) bond motifs is 1. The van der Waals surface area contributed by atoms with Crippen molar-refractivity contribution in [1.82, 2.24) is 9.29 Å². The van der Waals surface area contributed by atoms with Crippen LogP contribution in [0.5, 0.6) is 0 Å². The van der Waals surface area contributed by atoms with Gasteiger partial charge in [-0.25, -0.2) is 17.1 Å². The van der Waals surface area contributed by atoms with Gasteiger partial charge in [-0.2, -0.15) is 5.26 Å². The Labute approximate surface area is 175 Å². The first-order valence-electron chi connectivity index (χ1n) is 9.64. The number of hydrogen-bond acceptors (Lipinski definition) is 5. The van der Waals surface area contributed by atoms with E-state index in [1.807, 2.05) is 24.3 Å². The molecular weight excluding hydrogens is 403 g/mol. The first-order chi connectivity index (χ1) is 14.3. The van der Waals surface area contributed by atoms with Gasteiger partial charge in [0.1, 0.15) is 11.9 Å². The van der Waals surface area contributed by atoms with E-state index in [9.17, 15) is 12.8 Å². The van der Waals surface area contributed by atoms with E-state index in [0.29, 0.717) is 25.9 Å².